The van der Waals surface area contributed by atoms with Gasteiger partial charge in [-0.1, -0.05) is 18.5 Å². The molecular formula is C19H23ClFN5O3S. The highest BCUT2D eigenvalue weighted by atomic mass is 35.5. The Morgan fingerprint density at radius 1 is 1.33 bits per heavy atom. The largest absolute Gasteiger partial charge is 0.395 e. The number of aromatic nitrogens is 1. The number of carbonyl (C=O) groups is 3. The number of nitrogen functional groups attached to an aromatic ring is 1. The Balaban J connectivity index is 2.60. The number of nitrogens with zero attached hydrogens (tertiary/aromatic N) is 2. The number of rotatable bonds is 6. The molecular weight excluding hydrogens is 433 g/mol. The molecule has 162 valence electrons. The van der Waals surface area contributed by atoms with Crippen molar-refractivity contribution in [1.29, 1.82) is 0 Å². The molecule has 8 nitrogen and oxygen atoms in total. The molecule has 1 aromatic carbocycles. The molecule has 11 heteroatoms. The van der Waals surface area contributed by atoms with Crippen LogP contribution in [0.5, 0.6) is 0 Å². The van der Waals surface area contributed by atoms with Gasteiger partial charge in [-0.25, -0.2) is 4.39 Å². The summed E-state index contributed by atoms with van der Waals surface area (Å²) in [5.74, 6) is -2.65. The third-order valence-corrected chi connectivity index (χ3v) is 5.20. The monoisotopic (exact) mass is 455 g/mol. The van der Waals surface area contributed by atoms with Gasteiger partial charge in [0.15, 0.2) is 5.69 Å². The topological polar surface area (TPSA) is 131 Å². The smallest absolute Gasteiger partial charge is 0.272 e. The number of amides is 3. The average Bonchev–Trinajstić information content (AvgIpc) is 3.01. The molecule has 0 saturated heterocycles. The standard InChI is InChI=1S/C19H23ClFN5O3S/c1-5-12(17(28)24-19(2,3)4)26(9-6-7-11(21)10(20)8-9)18(29)15-13(22)14(16(23)27)25-30-15/h6-8,12H,5,22H2,1-4H3,(H2,23,27)(H,24,28). The summed E-state index contributed by atoms with van der Waals surface area (Å²) in [5.41, 5.74) is 10.4. The van der Waals surface area contributed by atoms with Gasteiger partial charge in [-0.05, 0) is 56.9 Å². The fourth-order valence-corrected chi connectivity index (χ4v) is 3.67. The summed E-state index contributed by atoms with van der Waals surface area (Å²) in [6.45, 7) is 7.14. The van der Waals surface area contributed by atoms with Crippen LogP contribution in [0, 0.1) is 5.82 Å². The van der Waals surface area contributed by atoms with Crippen molar-refractivity contribution in [2.75, 3.05) is 10.6 Å². The Morgan fingerprint density at radius 2 is 1.97 bits per heavy atom. The van der Waals surface area contributed by atoms with Gasteiger partial charge >= 0.3 is 0 Å². The molecule has 0 saturated carbocycles. The third kappa shape index (κ3) is 5.06. The third-order valence-electron chi connectivity index (χ3n) is 4.05. The maximum Gasteiger partial charge on any atom is 0.272 e. The Hall–Kier alpha value is -2.72. The lowest BCUT2D eigenvalue weighted by molar-refractivity contribution is -0.123. The summed E-state index contributed by atoms with van der Waals surface area (Å²) in [7, 11) is 0. The molecule has 5 N–H and O–H groups in total. The molecule has 1 atom stereocenters. The number of nitrogens with two attached hydrogens (primary N) is 2. The summed E-state index contributed by atoms with van der Waals surface area (Å²) in [4.78, 5) is 39.0. The van der Waals surface area contributed by atoms with Crippen molar-refractivity contribution >= 4 is 52.2 Å². The Labute approximate surface area is 182 Å². The van der Waals surface area contributed by atoms with Gasteiger partial charge < -0.3 is 16.8 Å². The number of carbonyl (C=O) groups excluding carboxylic acids is 3. The zero-order chi connectivity index (χ0) is 22.8. The van der Waals surface area contributed by atoms with E-state index in [1.807, 2.05) is 0 Å². The van der Waals surface area contributed by atoms with Crippen molar-refractivity contribution in [3.8, 4) is 0 Å². The normalized spacial score (nSPS) is 12.3. The average molecular weight is 456 g/mol. The van der Waals surface area contributed by atoms with Crippen LogP contribution in [0.4, 0.5) is 15.8 Å². The molecule has 0 spiro atoms. The quantitative estimate of drug-likeness (QED) is 0.616. The van der Waals surface area contributed by atoms with E-state index >= 15 is 0 Å². The van der Waals surface area contributed by atoms with Crippen molar-refractivity contribution in [3.63, 3.8) is 0 Å². The van der Waals surface area contributed by atoms with Crippen LogP contribution in [0.1, 0.15) is 54.3 Å². The molecule has 0 aliphatic carbocycles. The van der Waals surface area contributed by atoms with Gasteiger partial charge in [0.05, 0.1) is 10.7 Å². The first-order valence-corrected chi connectivity index (χ1v) is 10.2. The van der Waals surface area contributed by atoms with E-state index < -0.39 is 35.1 Å². The first-order chi connectivity index (χ1) is 13.9. The van der Waals surface area contributed by atoms with Crippen LogP contribution < -0.4 is 21.7 Å². The Morgan fingerprint density at radius 3 is 2.43 bits per heavy atom. The number of primary amides is 1. The van der Waals surface area contributed by atoms with Crippen LogP contribution in [0.25, 0.3) is 0 Å². The Bertz CT molecular complexity index is 989. The molecule has 30 heavy (non-hydrogen) atoms. The Kier molecular flexibility index (Phi) is 7.04. The van der Waals surface area contributed by atoms with E-state index in [0.717, 1.165) is 6.07 Å². The van der Waals surface area contributed by atoms with Gasteiger partial charge in [0.1, 0.15) is 16.7 Å². The number of hydrogen-bond donors (Lipinski definition) is 3. The summed E-state index contributed by atoms with van der Waals surface area (Å²) in [6.07, 6.45) is 0.240. The second-order valence-corrected chi connectivity index (χ2v) is 8.76. The number of benzene rings is 1. The first kappa shape index (κ1) is 23.6. The van der Waals surface area contributed by atoms with Crippen LogP contribution in [0.2, 0.25) is 5.02 Å². The second kappa shape index (κ2) is 8.97. The highest BCUT2D eigenvalue weighted by Gasteiger charge is 2.35. The van der Waals surface area contributed by atoms with Crippen LogP contribution in [-0.2, 0) is 4.79 Å². The maximum atomic E-state index is 13.7. The molecule has 0 fully saturated rings. The van der Waals surface area contributed by atoms with E-state index in [1.165, 1.54) is 17.0 Å². The van der Waals surface area contributed by atoms with Gasteiger partial charge in [0.25, 0.3) is 11.8 Å². The summed E-state index contributed by atoms with van der Waals surface area (Å²) < 4.78 is 17.6. The summed E-state index contributed by atoms with van der Waals surface area (Å²) in [5, 5.41) is 2.62. The zero-order valence-corrected chi connectivity index (χ0v) is 18.5. The molecule has 2 rings (SSSR count). The second-order valence-electron chi connectivity index (χ2n) is 7.58. The van der Waals surface area contributed by atoms with Crippen molar-refractivity contribution in [2.24, 2.45) is 5.73 Å². The highest BCUT2D eigenvalue weighted by molar-refractivity contribution is 7.09. The number of halogens is 2. The van der Waals surface area contributed by atoms with E-state index in [1.54, 1.807) is 27.7 Å². The lowest BCUT2D eigenvalue weighted by Crippen LogP contribution is -2.54. The van der Waals surface area contributed by atoms with Crippen molar-refractivity contribution < 1.29 is 18.8 Å². The molecule has 0 aliphatic heterocycles. The summed E-state index contributed by atoms with van der Waals surface area (Å²) >= 11 is 6.60. The van der Waals surface area contributed by atoms with Crippen LogP contribution in [-0.4, -0.2) is 33.7 Å². The minimum Gasteiger partial charge on any atom is -0.395 e. The highest BCUT2D eigenvalue weighted by Crippen LogP contribution is 2.30. The zero-order valence-electron chi connectivity index (χ0n) is 17.0. The molecule has 0 bridgehead atoms. The van der Waals surface area contributed by atoms with Crippen molar-refractivity contribution in [3.05, 3.63) is 39.6 Å². The fraction of sp³-hybridized carbons (Fsp3) is 0.368. The lowest BCUT2D eigenvalue weighted by Gasteiger charge is -2.32. The van der Waals surface area contributed by atoms with E-state index in [-0.39, 0.29) is 33.4 Å². The first-order valence-electron chi connectivity index (χ1n) is 9.03. The SMILES string of the molecule is CCC(C(=O)NC(C)(C)C)N(C(=O)c1snc(C(N)=O)c1N)c1ccc(F)c(Cl)c1. The molecule has 1 unspecified atom stereocenters. The lowest BCUT2D eigenvalue weighted by atomic mass is 10.1. The number of hydrogen-bond acceptors (Lipinski definition) is 6. The minimum absolute atomic E-state index is 0.0637. The summed E-state index contributed by atoms with van der Waals surface area (Å²) in [6, 6.07) is 2.71. The molecule has 0 radical (unpaired) electrons. The van der Waals surface area contributed by atoms with E-state index in [2.05, 4.69) is 9.69 Å². The van der Waals surface area contributed by atoms with Gasteiger partial charge in [-0.3, -0.25) is 19.3 Å². The van der Waals surface area contributed by atoms with E-state index in [0.29, 0.717) is 11.5 Å². The van der Waals surface area contributed by atoms with Gasteiger partial charge in [-0.2, -0.15) is 4.37 Å². The predicted octanol–water partition coefficient (Wildman–Crippen LogP) is 2.96. The van der Waals surface area contributed by atoms with Crippen LogP contribution in [0.15, 0.2) is 18.2 Å². The van der Waals surface area contributed by atoms with Crippen molar-refractivity contribution in [2.45, 2.75) is 45.7 Å². The van der Waals surface area contributed by atoms with E-state index in [9.17, 15) is 18.8 Å². The minimum atomic E-state index is -0.961. The van der Waals surface area contributed by atoms with Gasteiger partial charge in [0, 0.05) is 11.2 Å². The molecule has 2 aromatic rings. The maximum absolute atomic E-state index is 13.7. The predicted molar refractivity (Wildman–Crippen MR) is 115 cm³/mol. The fourth-order valence-electron chi connectivity index (χ4n) is 2.75. The van der Waals surface area contributed by atoms with Gasteiger partial charge in [-0.15, -0.1) is 0 Å². The number of nitrogens with one attached hydrogen (secondary N) is 1. The van der Waals surface area contributed by atoms with Crippen molar-refractivity contribution in [1.82, 2.24) is 9.69 Å². The van der Waals surface area contributed by atoms with E-state index in [4.69, 9.17) is 23.1 Å². The molecule has 1 aromatic heterocycles. The number of anilines is 2. The molecule has 1 heterocycles. The van der Waals surface area contributed by atoms with Crippen LogP contribution >= 0.6 is 23.1 Å². The molecule has 3 amide bonds. The molecule has 0 aliphatic rings. The van der Waals surface area contributed by atoms with Gasteiger partial charge in [0.2, 0.25) is 5.91 Å². The van der Waals surface area contributed by atoms with Crippen LogP contribution in [0.3, 0.4) is 0 Å².